The fourth-order valence-electron chi connectivity index (χ4n) is 0.595. The van der Waals surface area contributed by atoms with E-state index >= 15 is 0 Å². The lowest BCUT2D eigenvalue weighted by atomic mass is 10.1. The maximum Gasteiger partial charge on any atom is 0.0171 e. The Bertz CT molecular complexity index is 72.2. The van der Waals surface area contributed by atoms with Crippen molar-refractivity contribution in [1.29, 1.82) is 0 Å². The SMILES string of the molecule is CC(Br)C1(C)CC1. The quantitative estimate of drug-likeness (QED) is 0.521. The zero-order chi connectivity index (χ0) is 5.49. The fourth-order valence-corrected chi connectivity index (χ4v) is 1.05. The highest BCUT2D eigenvalue weighted by Crippen LogP contribution is 2.50. The summed E-state index contributed by atoms with van der Waals surface area (Å²) in [5.41, 5.74) is 0.667. The normalized spacial score (nSPS) is 29.6. The van der Waals surface area contributed by atoms with Gasteiger partial charge in [0.25, 0.3) is 0 Å². The van der Waals surface area contributed by atoms with Gasteiger partial charge >= 0.3 is 0 Å². The molecule has 42 valence electrons. The molecule has 0 amide bonds. The standard InChI is InChI=1S/C6H11Br/c1-5(7)6(2)3-4-6/h5H,3-4H2,1-2H3. The Morgan fingerprint density at radius 2 is 2.00 bits per heavy atom. The van der Waals surface area contributed by atoms with Gasteiger partial charge in [-0.1, -0.05) is 29.8 Å². The van der Waals surface area contributed by atoms with Crippen LogP contribution in [-0.2, 0) is 0 Å². The van der Waals surface area contributed by atoms with Crippen molar-refractivity contribution in [2.75, 3.05) is 0 Å². The average Bonchev–Trinajstić information content (AvgIpc) is 2.21. The van der Waals surface area contributed by atoms with Gasteiger partial charge < -0.3 is 0 Å². The van der Waals surface area contributed by atoms with Crippen LogP contribution in [0.4, 0.5) is 0 Å². The van der Waals surface area contributed by atoms with Gasteiger partial charge in [0.2, 0.25) is 0 Å². The van der Waals surface area contributed by atoms with Crippen molar-refractivity contribution in [3.05, 3.63) is 0 Å². The Labute approximate surface area is 53.4 Å². The van der Waals surface area contributed by atoms with Crippen molar-refractivity contribution in [2.45, 2.75) is 31.5 Å². The molecule has 0 spiro atoms. The van der Waals surface area contributed by atoms with Crippen LogP contribution in [0.1, 0.15) is 26.7 Å². The molecule has 0 heterocycles. The zero-order valence-electron chi connectivity index (χ0n) is 4.87. The lowest BCUT2D eigenvalue weighted by Crippen LogP contribution is -2.05. The highest BCUT2D eigenvalue weighted by molar-refractivity contribution is 9.09. The molecule has 1 fully saturated rings. The van der Waals surface area contributed by atoms with E-state index in [0.717, 1.165) is 4.83 Å². The van der Waals surface area contributed by atoms with Gasteiger partial charge in [-0.3, -0.25) is 0 Å². The molecule has 1 saturated carbocycles. The Morgan fingerprint density at radius 1 is 1.57 bits per heavy atom. The summed E-state index contributed by atoms with van der Waals surface area (Å²) in [6, 6.07) is 0. The molecular formula is C6H11Br. The van der Waals surface area contributed by atoms with Gasteiger partial charge in [0.15, 0.2) is 0 Å². The van der Waals surface area contributed by atoms with Gasteiger partial charge in [0.1, 0.15) is 0 Å². The lowest BCUT2D eigenvalue weighted by molar-refractivity contribution is 0.575. The summed E-state index contributed by atoms with van der Waals surface area (Å²) < 4.78 is 0. The minimum absolute atomic E-state index is 0.667. The van der Waals surface area contributed by atoms with Gasteiger partial charge in [-0.15, -0.1) is 0 Å². The van der Waals surface area contributed by atoms with Crippen LogP contribution in [0.3, 0.4) is 0 Å². The van der Waals surface area contributed by atoms with Crippen LogP contribution in [0.25, 0.3) is 0 Å². The van der Waals surface area contributed by atoms with E-state index in [1.54, 1.807) is 0 Å². The zero-order valence-corrected chi connectivity index (χ0v) is 6.46. The molecule has 0 saturated heterocycles. The minimum Gasteiger partial charge on any atom is -0.0888 e. The van der Waals surface area contributed by atoms with Crippen molar-refractivity contribution in [3.63, 3.8) is 0 Å². The third kappa shape index (κ3) is 0.987. The highest BCUT2D eigenvalue weighted by atomic mass is 79.9. The van der Waals surface area contributed by atoms with E-state index in [4.69, 9.17) is 0 Å². The summed E-state index contributed by atoms with van der Waals surface area (Å²) in [6.07, 6.45) is 2.83. The van der Waals surface area contributed by atoms with E-state index in [2.05, 4.69) is 29.8 Å². The predicted molar refractivity (Wildman–Crippen MR) is 35.7 cm³/mol. The Balaban J connectivity index is 2.39. The van der Waals surface area contributed by atoms with Crippen LogP contribution in [0.2, 0.25) is 0 Å². The third-order valence-corrected chi connectivity index (χ3v) is 3.10. The molecule has 7 heavy (non-hydrogen) atoms. The molecule has 1 atom stereocenters. The summed E-state index contributed by atoms with van der Waals surface area (Å²) >= 11 is 3.56. The lowest BCUT2D eigenvalue weighted by Gasteiger charge is -2.08. The van der Waals surface area contributed by atoms with Gasteiger partial charge in [-0.25, -0.2) is 0 Å². The second-order valence-electron chi connectivity index (χ2n) is 2.77. The molecule has 0 N–H and O–H groups in total. The summed E-state index contributed by atoms with van der Waals surface area (Å²) in [6.45, 7) is 4.55. The number of rotatable bonds is 1. The van der Waals surface area contributed by atoms with Crippen LogP contribution in [0, 0.1) is 5.41 Å². The van der Waals surface area contributed by atoms with E-state index in [9.17, 15) is 0 Å². The molecule has 0 aliphatic heterocycles. The molecule has 0 nitrogen and oxygen atoms in total. The molecule has 1 rings (SSSR count). The number of hydrogen-bond acceptors (Lipinski definition) is 0. The van der Waals surface area contributed by atoms with Gasteiger partial charge in [-0.2, -0.15) is 0 Å². The Hall–Kier alpha value is 0.480. The average molecular weight is 163 g/mol. The number of hydrogen-bond donors (Lipinski definition) is 0. The summed E-state index contributed by atoms with van der Waals surface area (Å²) in [7, 11) is 0. The molecule has 0 bridgehead atoms. The van der Waals surface area contributed by atoms with Gasteiger partial charge in [-0.05, 0) is 18.3 Å². The van der Waals surface area contributed by atoms with Crippen LogP contribution < -0.4 is 0 Å². The highest BCUT2D eigenvalue weighted by Gasteiger charge is 2.40. The summed E-state index contributed by atoms with van der Waals surface area (Å²) in [4.78, 5) is 0.722. The largest absolute Gasteiger partial charge is 0.0888 e. The molecule has 0 aromatic carbocycles. The fraction of sp³-hybridized carbons (Fsp3) is 1.00. The molecular weight excluding hydrogens is 152 g/mol. The Kier molecular flexibility index (Phi) is 1.18. The first kappa shape index (κ1) is 5.61. The first-order valence-corrected chi connectivity index (χ1v) is 3.71. The number of halogens is 1. The Morgan fingerprint density at radius 3 is 2.00 bits per heavy atom. The van der Waals surface area contributed by atoms with Gasteiger partial charge in [0.05, 0.1) is 0 Å². The second kappa shape index (κ2) is 1.48. The summed E-state index contributed by atoms with van der Waals surface area (Å²) in [5, 5.41) is 0. The van der Waals surface area contributed by atoms with Crippen molar-refractivity contribution < 1.29 is 0 Å². The molecule has 1 heteroatoms. The second-order valence-corrected chi connectivity index (χ2v) is 4.14. The maximum absolute atomic E-state index is 3.56. The molecule has 1 aliphatic carbocycles. The van der Waals surface area contributed by atoms with E-state index in [0.29, 0.717) is 5.41 Å². The minimum atomic E-state index is 0.667. The number of alkyl halides is 1. The van der Waals surface area contributed by atoms with Crippen LogP contribution in [0.5, 0.6) is 0 Å². The first-order chi connectivity index (χ1) is 3.15. The van der Waals surface area contributed by atoms with Crippen molar-refractivity contribution in [2.24, 2.45) is 5.41 Å². The monoisotopic (exact) mass is 162 g/mol. The predicted octanol–water partition coefficient (Wildman–Crippen LogP) is 2.57. The molecule has 1 unspecified atom stereocenters. The van der Waals surface area contributed by atoms with Crippen molar-refractivity contribution in [1.82, 2.24) is 0 Å². The van der Waals surface area contributed by atoms with Crippen molar-refractivity contribution in [3.8, 4) is 0 Å². The van der Waals surface area contributed by atoms with Crippen LogP contribution in [0.15, 0.2) is 0 Å². The van der Waals surface area contributed by atoms with E-state index in [-0.39, 0.29) is 0 Å². The molecule has 1 aliphatic rings. The summed E-state index contributed by atoms with van der Waals surface area (Å²) in [5.74, 6) is 0. The third-order valence-electron chi connectivity index (χ3n) is 2.00. The molecule has 0 aromatic heterocycles. The van der Waals surface area contributed by atoms with E-state index < -0.39 is 0 Å². The molecule has 0 aromatic rings. The van der Waals surface area contributed by atoms with Crippen molar-refractivity contribution >= 4 is 15.9 Å². The van der Waals surface area contributed by atoms with Gasteiger partial charge in [0, 0.05) is 4.83 Å². The van der Waals surface area contributed by atoms with E-state index in [1.807, 2.05) is 0 Å². The smallest absolute Gasteiger partial charge is 0.0171 e. The van der Waals surface area contributed by atoms with E-state index in [1.165, 1.54) is 12.8 Å². The first-order valence-electron chi connectivity index (χ1n) is 2.79. The van der Waals surface area contributed by atoms with Crippen LogP contribution in [-0.4, -0.2) is 4.83 Å². The van der Waals surface area contributed by atoms with Crippen LogP contribution >= 0.6 is 15.9 Å². The topological polar surface area (TPSA) is 0 Å². The molecule has 0 radical (unpaired) electrons. The maximum atomic E-state index is 3.56.